The maximum Gasteiger partial charge on any atom is 0.238 e. The van der Waals surface area contributed by atoms with E-state index < -0.39 is 5.91 Å². The van der Waals surface area contributed by atoms with Crippen LogP contribution in [0.2, 0.25) is 0 Å². The molecule has 0 heterocycles. The molecule has 0 radical (unpaired) electrons. The Morgan fingerprint density at radius 2 is 1.52 bits per heavy atom. The summed E-state index contributed by atoms with van der Waals surface area (Å²) in [7, 11) is 0. The Morgan fingerprint density at radius 1 is 0.957 bits per heavy atom. The van der Waals surface area contributed by atoms with E-state index in [0.29, 0.717) is 11.4 Å². The first kappa shape index (κ1) is 16.7. The molecule has 5 nitrogen and oxygen atoms in total. The zero-order valence-corrected chi connectivity index (χ0v) is 13.8. The highest BCUT2D eigenvalue weighted by Gasteiger charge is 2.11. The molecule has 0 unspecified atom stereocenters. The molecule has 0 saturated heterocycles. The van der Waals surface area contributed by atoms with Crippen LogP contribution in [0.1, 0.15) is 12.0 Å². The molecule has 2 aromatic carbocycles. The molecular formula is C17H14BrN3O2. The van der Waals surface area contributed by atoms with Crippen molar-refractivity contribution in [3.63, 3.8) is 0 Å². The van der Waals surface area contributed by atoms with Gasteiger partial charge in [0.1, 0.15) is 6.42 Å². The molecule has 0 bridgehead atoms. The van der Waals surface area contributed by atoms with Gasteiger partial charge in [-0.2, -0.15) is 5.26 Å². The highest BCUT2D eigenvalue weighted by molar-refractivity contribution is 9.10. The van der Waals surface area contributed by atoms with Crippen molar-refractivity contribution in [2.24, 2.45) is 0 Å². The summed E-state index contributed by atoms with van der Waals surface area (Å²) in [5.41, 5.74) is 1.83. The zero-order chi connectivity index (χ0) is 16.7. The van der Waals surface area contributed by atoms with Crippen LogP contribution < -0.4 is 10.6 Å². The van der Waals surface area contributed by atoms with Gasteiger partial charge in [-0.25, -0.2) is 0 Å². The lowest BCUT2D eigenvalue weighted by atomic mass is 10.1. The Morgan fingerprint density at radius 3 is 2.13 bits per heavy atom. The van der Waals surface area contributed by atoms with Crippen molar-refractivity contribution in [2.75, 3.05) is 10.6 Å². The van der Waals surface area contributed by atoms with Crippen LogP contribution in [-0.2, 0) is 16.0 Å². The van der Waals surface area contributed by atoms with Crippen LogP contribution in [0.25, 0.3) is 0 Å². The van der Waals surface area contributed by atoms with Crippen molar-refractivity contribution >= 4 is 39.1 Å². The van der Waals surface area contributed by atoms with Gasteiger partial charge >= 0.3 is 0 Å². The minimum atomic E-state index is -0.417. The minimum absolute atomic E-state index is 0.195. The maximum absolute atomic E-state index is 12.2. The van der Waals surface area contributed by atoms with Crippen molar-refractivity contribution in [3.8, 4) is 6.07 Å². The molecule has 0 saturated carbocycles. The molecule has 0 fully saturated rings. The summed E-state index contributed by atoms with van der Waals surface area (Å²) in [5, 5.41) is 13.9. The number of hydrogen-bond acceptors (Lipinski definition) is 3. The second-order valence-electron chi connectivity index (χ2n) is 4.75. The predicted octanol–water partition coefficient (Wildman–Crippen LogP) is 3.48. The van der Waals surface area contributed by atoms with E-state index in [1.54, 1.807) is 30.3 Å². The zero-order valence-electron chi connectivity index (χ0n) is 12.2. The van der Waals surface area contributed by atoms with Gasteiger partial charge in [0.25, 0.3) is 0 Å². The van der Waals surface area contributed by atoms with Crippen LogP contribution in [0.5, 0.6) is 0 Å². The third kappa shape index (κ3) is 4.94. The van der Waals surface area contributed by atoms with Crippen molar-refractivity contribution in [1.82, 2.24) is 0 Å². The molecular weight excluding hydrogens is 358 g/mol. The van der Waals surface area contributed by atoms with Gasteiger partial charge in [0.2, 0.25) is 11.8 Å². The topological polar surface area (TPSA) is 82.0 Å². The normalized spacial score (nSPS) is 9.74. The first-order chi connectivity index (χ1) is 11.1. The van der Waals surface area contributed by atoms with Gasteiger partial charge in [-0.15, -0.1) is 0 Å². The fourth-order valence-corrected chi connectivity index (χ4v) is 2.40. The average Bonchev–Trinajstić information content (AvgIpc) is 2.52. The van der Waals surface area contributed by atoms with Gasteiger partial charge in [-0.3, -0.25) is 9.59 Å². The number of anilines is 2. The SMILES string of the molecule is N#CCC(=O)Nc1ccccc1NC(=O)Cc1ccccc1Br. The van der Waals surface area contributed by atoms with E-state index in [1.165, 1.54) is 0 Å². The van der Waals surface area contributed by atoms with Gasteiger partial charge in [-0.1, -0.05) is 46.3 Å². The fraction of sp³-hybridized carbons (Fsp3) is 0.118. The third-order valence-electron chi connectivity index (χ3n) is 3.02. The van der Waals surface area contributed by atoms with Gasteiger partial charge in [0, 0.05) is 4.47 Å². The Kier molecular flexibility index (Phi) is 5.89. The van der Waals surface area contributed by atoms with E-state index in [0.717, 1.165) is 10.0 Å². The molecule has 2 rings (SSSR count). The van der Waals surface area contributed by atoms with E-state index in [9.17, 15) is 9.59 Å². The highest BCUT2D eigenvalue weighted by atomic mass is 79.9. The minimum Gasteiger partial charge on any atom is -0.324 e. The molecule has 0 atom stereocenters. The highest BCUT2D eigenvalue weighted by Crippen LogP contribution is 2.22. The lowest BCUT2D eigenvalue weighted by Gasteiger charge is -2.12. The van der Waals surface area contributed by atoms with Crippen molar-refractivity contribution in [1.29, 1.82) is 5.26 Å². The molecule has 0 aliphatic rings. The van der Waals surface area contributed by atoms with Crippen LogP contribution in [0.3, 0.4) is 0 Å². The molecule has 0 spiro atoms. The molecule has 6 heteroatoms. The predicted molar refractivity (Wildman–Crippen MR) is 91.8 cm³/mol. The lowest BCUT2D eigenvalue weighted by molar-refractivity contribution is -0.116. The molecule has 0 aliphatic carbocycles. The molecule has 2 amide bonds. The molecule has 0 aliphatic heterocycles. The summed E-state index contributed by atoms with van der Waals surface area (Å²) in [6.45, 7) is 0. The summed E-state index contributed by atoms with van der Waals surface area (Å²) in [4.78, 5) is 23.7. The van der Waals surface area contributed by atoms with Crippen molar-refractivity contribution in [3.05, 3.63) is 58.6 Å². The van der Waals surface area contributed by atoms with Crippen LogP contribution >= 0.6 is 15.9 Å². The average molecular weight is 372 g/mol. The fourth-order valence-electron chi connectivity index (χ4n) is 1.98. The number of carbonyl (C=O) groups excluding carboxylic acids is 2. The molecule has 116 valence electrons. The summed E-state index contributed by atoms with van der Waals surface area (Å²) in [5.74, 6) is -0.612. The van der Waals surface area contributed by atoms with Gasteiger partial charge in [-0.05, 0) is 23.8 Å². The maximum atomic E-state index is 12.2. The number of amides is 2. The van der Waals surface area contributed by atoms with Gasteiger partial charge in [0.15, 0.2) is 0 Å². The summed E-state index contributed by atoms with van der Waals surface area (Å²) in [6.07, 6.45) is -0.0266. The number of para-hydroxylation sites is 2. The van der Waals surface area contributed by atoms with E-state index in [-0.39, 0.29) is 18.7 Å². The van der Waals surface area contributed by atoms with Crippen molar-refractivity contribution in [2.45, 2.75) is 12.8 Å². The van der Waals surface area contributed by atoms with E-state index >= 15 is 0 Å². The number of nitrogens with one attached hydrogen (secondary N) is 2. The number of nitriles is 1. The van der Waals surface area contributed by atoms with Gasteiger partial charge in [0.05, 0.1) is 23.9 Å². The number of nitrogens with zero attached hydrogens (tertiary/aromatic N) is 1. The standard InChI is InChI=1S/C17H14BrN3O2/c18-13-6-2-1-5-12(13)11-17(23)21-15-8-4-3-7-14(15)20-16(22)9-10-19/h1-8H,9,11H2,(H,20,22)(H,21,23). The molecule has 2 aromatic rings. The smallest absolute Gasteiger partial charge is 0.238 e. The summed E-state index contributed by atoms with van der Waals surface area (Å²) in [6, 6.07) is 16.1. The second-order valence-corrected chi connectivity index (χ2v) is 5.60. The first-order valence-electron chi connectivity index (χ1n) is 6.89. The molecule has 2 N–H and O–H groups in total. The third-order valence-corrected chi connectivity index (χ3v) is 3.80. The van der Waals surface area contributed by atoms with Crippen LogP contribution in [0.4, 0.5) is 11.4 Å². The number of carbonyl (C=O) groups is 2. The number of rotatable bonds is 5. The Balaban J connectivity index is 2.08. The number of benzene rings is 2. The van der Waals surface area contributed by atoms with Crippen LogP contribution in [0, 0.1) is 11.3 Å². The first-order valence-corrected chi connectivity index (χ1v) is 7.68. The Bertz CT molecular complexity index is 768. The summed E-state index contributed by atoms with van der Waals surface area (Å²) >= 11 is 3.41. The lowest BCUT2D eigenvalue weighted by Crippen LogP contribution is -2.17. The second kappa shape index (κ2) is 8.11. The molecule has 0 aromatic heterocycles. The Hall–Kier alpha value is -2.65. The number of halogens is 1. The monoisotopic (exact) mass is 371 g/mol. The Labute approximate surface area is 142 Å². The van der Waals surface area contributed by atoms with E-state index in [1.807, 2.05) is 24.3 Å². The van der Waals surface area contributed by atoms with E-state index in [2.05, 4.69) is 26.6 Å². The van der Waals surface area contributed by atoms with Crippen LogP contribution in [0.15, 0.2) is 53.0 Å². The van der Waals surface area contributed by atoms with Crippen molar-refractivity contribution < 1.29 is 9.59 Å². The van der Waals surface area contributed by atoms with Gasteiger partial charge < -0.3 is 10.6 Å². The summed E-state index contributed by atoms with van der Waals surface area (Å²) < 4.78 is 0.866. The molecule has 23 heavy (non-hydrogen) atoms. The quantitative estimate of drug-likeness (QED) is 0.843. The number of hydrogen-bond donors (Lipinski definition) is 2. The largest absolute Gasteiger partial charge is 0.324 e. The van der Waals surface area contributed by atoms with Crippen LogP contribution in [-0.4, -0.2) is 11.8 Å². The van der Waals surface area contributed by atoms with E-state index in [4.69, 9.17) is 5.26 Å².